The number of ether oxygens (including phenoxy) is 2. The van der Waals surface area contributed by atoms with Crippen LogP contribution >= 0.6 is 22.6 Å². The van der Waals surface area contributed by atoms with E-state index in [-0.39, 0.29) is 35.6 Å². The zero-order valence-corrected chi connectivity index (χ0v) is 18.8. The molecular weight excluding hydrogens is 589 g/mol. The third kappa shape index (κ3) is 7.62. The fraction of sp³-hybridized carbons (Fsp3) is 0.857. The van der Waals surface area contributed by atoms with Crippen LogP contribution in [-0.2, 0) is 29.1 Å². The number of carbonyl (C=O) groups excluding carboxylic acids is 2. The Hall–Kier alpha value is -0.820. The zero-order chi connectivity index (χ0) is 24.9. The summed E-state index contributed by atoms with van der Waals surface area (Å²) in [4.78, 5) is 23.5. The number of ketones is 1. The molecule has 0 aromatic heterocycles. The smallest absolute Gasteiger partial charge is 0.448 e. The number of rotatable bonds is 14. The van der Waals surface area contributed by atoms with E-state index in [1.807, 2.05) is 0 Å². The van der Waals surface area contributed by atoms with Crippen LogP contribution in [0.3, 0.4) is 0 Å². The van der Waals surface area contributed by atoms with Gasteiger partial charge in [0.05, 0.1) is 12.6 Å². The minimum atomic E-state index is -6.73. The largest absolute Gasteiger partial charge is 0.460 e. The molecule has 17 heteroatoms. The summed E-state index contributed by atoms with van der Waals surface area (Å²) >= 11 is -0.377. The maximum atomic E-state index is 13.9. The number of sulfonamides is 1. The van der Waals surface area contributed by atoms with E-state index in [1.54, 1.807) is 6.92 Å². The van der Waals surface area contributed by atoms with Crippen LogP contribution in [-0.4, -0.2) is 54.2 Å². The van der Waals surface area contributed by atoms with Crippen molar-refractivity contribution >= 4 is 44.4 Å². The highest BCUT2D eigenvalue weighted by atomic mass is 127. The zero-order valence-electron chi connectivity index (χ0n) is 15.9. The summed E-state index contributed by atoms with van der Waals surface area (Å²) in [6.45, 7) is 2.53. The summed E-state index contributed by atoms with van der Waals surface area (Å²) < 4.78 is 132. The van der Waals surface area contributed by atoms with Gasteiger partial charge in [0.2, 0.25) is 0 Å². The standard InChI is InChI=1S/C14H18F8INO6S/c1-3-5-6-7-8(9(25)10(26)29-4-2)24-31(27,28)14(21,22)13(19,20)30-12(17,18)11(15,16)23/h8,24H,3-7H2,1-2H3. The summed E-state index contributed by atoms with van der Waals surface area (Å²) in [5.41, 5.74) is 0. The lowest BCUT2D eigenvalue weighted by Crippen LogP contribution is -2.59. The number of halogens is 9. The van der Waals surface area contributed by atoms with Gasteiger partial charge in [0.15, 0.2) is 0 Å². The Balaban J connectivity index is 5.92. The van der Waals surface area contributed by atoms with Gasteiger partial charge in [-0.05, 0) is 13.3 Å². The second-order valence-corrected chi connectivity index (χ2v) is 9.01. The first-order valence-corrected chi connectivity index (χ1v) is 11.0. The minimum Gasteiger partial charge on any atom is -0.460 e. The van der Waals surface area contributed by atoms with Gasteiger partial charge in [-0.25, -0.2) is 17.9 Å². The number of Topliss-reactive ketones (excluding diaryl/α,β-unsaturated/α-hetero) is 1. The summed E-state index contributed by atoms with van der Waals surface area (Å²) in [5.74, 6) is -3.39. The minimum absolute atomic E-state index is 0.0353. The number of esters is 1. The summed E-state index contributed by atoms with van der Waals surface area (Å²) in [5, 5.41) is -6.55. The van der Waals surface area contributed by atoms with Crippen LogP contribution in [0.15, 0.2) is 0 Å². The molecule has 7 nitrogen and oxygen atoms in total. The Bertz CT molecular complexity index is 744. The topological polar surface area (TPSA) is 98.8 Å². The molecule has 0 amide bonds. The van der Waals surface area contributed by atoms with Gasteiger partial charge < -0.3 is 4.74 Å². The molecule has 0 aromatic carbocycles. The Morgan fingerprint density at radius 2 is 1.48 bits per heavy atom. The number of carbonyl (C=O) groups is 2. The van der Waals surface area contributed by atoms with Gasteiger partial charge in [-0.3, -0.25) is 4.79 Å². The Kier molecular flexibility index (Phi) is 10.6. The highest BCUT2D eigenvalue weighted by Gasteiger charge is 2.73. The van der Waals surface area contributed by atoms with Crippen molar-refractivity contribution in [1.29, 1.82) is 0 Å². The lowest BCUT2D eigenvalue weighted by molar-refractivity contribution is -0.438. The van der Waals surface area contributed by atoms with Crippen molar-refractivity contribution in [2.45, 2.75) is 67.0 Å². The van der Waals surface area contributed by atoms with Gasteiger partial charge >= 0.3 is 27.4 Å². The van der Waals surface area contributed by atoms with Crippen LogP contribution < -0.4 is 4.72 Å². The van der Waals surface area contributed by atoms with Crippen LogP contribution in [0.1, 0.15) is 39.5 Å². The molecule has 0 aliphatic carbocycles. The molecule has 1 unspecified atom stereocenters. The third-order valence-corrected chi connectivity index (χ3v) is 5.58. The molecule has 184 valence electrons. The van der Waals surface area contributed by atoms with Gasteiger partial charge in [-0.2, -0.15) is 39.8 Å². The van der Waals surface area contributed by atoms with Crippen molar-refractivity contribution in [3.63, 3.8) is 0 Å². The second-order valence-electron chi connectivity index (χ2n) is 5.90. The molecular formula is C14H18F8INO6S. The number of alkyl halides is 9. The number of nitrogens with one attached hydrogen (secondary N) is 1. The number of unbranched alkanes of at least 4 members (excludes halogenated alkanes) is 2. The normalized spacial score (nSPS) is 14.9. The lowest BCUT2D eigenvalue weighted by atomic mass is 10.1. The van der Waals surface area contributed by atoms with Crippen LogP contribution in [0.4, 0.5) is 35.1 Å². The van der Waals surface area contributed by atoms with E-state index in [0.717, 1.165) is 4.72 Å². The molecule has 0 aliphatic heterocycles. The SMILES string of the molecule is CCCCCC(NS(=O)(=O)C(F)(F)C(F)(F)OC(F)(F)C(F)(F)I)C(=O)C(=O)OCC. The average molecular weight is 607 g/mol. The molecule has 0 aliphatic rings. The van der Waals surface area contributed by atoms with Gasteiger partial charge in [0, 0.05) is 22.6 Å². The molecule has 0 spiro atoms. The van der Waals surface area contributed by atoms with E-state index in [1.165, 1.54) is 6.92 Å². The predicted octanol–water partition coefficient (Wildman–Crippen LogP) is 3.81. The molecule has 0 bridgehead atoms. The van der Waals surface area contributed by atoms with E-state index in [0.29, 0.717) is 12.8 Å². The summed E-state index contributed by atoms with van der Waals surface area (Å²) in [6, 6.07) is -2.32. The van der Waals surface area contributed by atoms with E-state index in [9.17, 15) is 53.1 Å². The molecule has 0 heterocycles. The van der Waals surface area contributed by atoms with Crippen LogP contribution in [0, 0.1) is 0 Å². The third-order valence-electron chi connectivity index (χ3n) is 3.45. The highest BCUT2D eigenvalue weighted by molar-refractivity contribution is 14.1. The molecule has 0 aromatic rings. The summed E-state index contributed by atoms with van der Waals surface area (Å²) in [6.07, 6.45) is -12.7. The maximum Gasteiger partial charge on any atom is 0.448 e. The number of hydrogen-bond acceptors (Lipinski definition) is 6. The van der Waals surface area contributed by atoms with E-state index < -0.39 is 55.6 Å². The second kappa shape index (κ2) is 10.9. The van der Waals surface area contributed by atoms with Gasteiger partial charge in [-0.15, -0.1) is 0 Å². The predicted molar refractivity (Wildman–Crippen MR) is 96.5 cm³/mol. The fourth-order valence-electron chi connectivity index (χ4n) is 1.88. The Morgan fingerprint density at radius 3 is 1.90 bits per heavy atom. The van der Waals surface area contributed by atoms with Gasteiger partial charge in [0.1, 0.15) is 0 Å². The quantitative estimate of drug-likeness (QED) is 0.0806. The van der Waals surface area contributed by atoms with E-state index in [2.05, 4.69) is 9.47 Å². The number of hydrogen-bond donors (Lipinski definition) is 1. The van der Waals surface area contributed by atoms with E-state index in [4.69, 9.17) is 0 Å². The molecule has 1 N–H and O–H groups in total. The highest BCUT2D eigenvalue weighted by Crippen LogP contribution is 2.48. The van der Waals surface area contributed by atoms with Crippen molar-refractivity contribution in [2.24, 2.45) is 0 Å². The Morgan fingerprint density at radius 1 is 0.968 bits per heavy atom. The van der Waals surface area contributed by atoms with Crippen LogP contribution in [0.25, 0.3) is 0 Å². The van der Waals surface area contributed by atoms with Crippen molar-refractivity contribution < 1.29 is 62.6 Å². The van der Waals surface area contributed by atoms with Crippen molar-refractivity contribution in [3.05, 3.63) is 0 Å². The average Bonchev–Trinajstić information content (AvgIpc) is 2.58. The van der Waals surface area contributed by atoms with Crippen molar-refractivity contribution in [1.82, 2.24) is 4.72 Å². The fourth-order valence-corrected chi connectivity index (χ4v) is 3.09. The van der Waals surface area contributed by atoms with Gasteiger partial charge in [-0.1, -0.05) is 26.2 Å². The molecule has 0 rings (SSSR count). The molecule has 0 radical (unpaired) electrons. The molecule has 0 saturated carbocycles. The molecule has 0 saturated heterocycles. The van der Waals surface area contributed by atoms with Crippen LogP contribution in [0.5, 0.6) is 0 Å². The molecule has 1 atom stereocenters. The molecule has 0 fully saturated rings. The first kappa shape index (κ1) is 30.2. The van der Waals surface area contributed by atoms with Crippen molar-refractivity contribution in [2.75, 3.05) is 6.61 Å². The molecule has 31 heavy (non-hydrogen) atoms. The summed E-state index contributed by atoms with van der Waals surface area (Å²) in [7, 11) is -6.73. The lowest BCUT2D eigenvalue weighted by Gasteiger charge is -2.31. The van der Waals surface area contributed by atoms with Gasteiger partial charge in [0.25, 0.3) is 15.8 Å². The van der Waals surface area contributed by atoms with E-state index >= 15 is 0 Å². The first-order chi connectivity index (χ1) is 13.8. The maximum absolute atomic E-state index is 13.9. The monoisotopic (exact) mass is 607 g/mol. The first-order valence-electron chi connectivity index (χ1n) is 8.40. The van der Waals surface area contributed by atoms with Crippen molar-refractivity contribution in [3.8, 4) is 0 Å². The van der Waals surface area contributed by atoms with Crippen LogP contribution in [0.2, 0.25) is 0 Å². The Labute approximate surface area is 185 Å².